The van der Waals surface area contributed by atoms with Gasteiger partial charge in [-0.1, -0.05) is 51.2 Å². The molecule has 2 rings (SSSR count). The predicted octanol–water partition coefficient (Wildman–Crippen LogP) is 5.46. The number of phenolic OH excluding ortho intramolecular Hbond substituents is 3. The summed E-state index contributed by atoms with van der Waals surface area (Å²) in [5, 5.41) is 29.2. The summed E-state index contributed by atoms with van der Waals surface area (Å²) in [6.45, 7) is 2.68. The number of ether oxygens (including phenoxy) is 1. The number of aryl methyl sites for hydroxylation is 1. The molecule has 5 heteroatoms. The summed E-state index contributed by atoms with van der Waals surface area (Å²) in [7, 11) is 0. The first-order valence-electron chi connectivity index (χ1n) is 11.0. The van der Waals surface area contributed by atoms with Gasteiger partial charge in [0, 0.05) is 17.5 Å². The largest absolute Gasteiger partial charge is 0.507 e. The second kappa shape index (κ2) is 12.8. The Kier molecular flexibility index (Phi) is 10.1. The summed E-state index contributed by atoms with van der Waals surface area (Å²) >= 11 is 0. The number of phenols is 3. The third kappa shape index (κ3) is 7.29. The Morgan fingerprint density at radius 3 is 2.30 bits per heavy atom. The van der Waals surface area contributed by atoms with Crippen molar-refractivity contribution in [1.29, 1.82) is 0 Å². The van der Waals surface area contributed by atoms with Crippen molar-refractivity contribution in [2.75, 3.05) is 6.61 Å². The molecule has 0 aliphatic heterocycles. The summed E-state index contributed by atoms with van der Waals surface area (Å²) < 4.78 is 5.92. The maximum Gasteiger partial charge on any atom is 0.157 e. The number of benzene rings is 2. The lowest BCUT2D eigenvalue weighted by atomic mass is 10.0. The molecule has 0 saturated carbocycles. The van der Waals surface area contributed by atoms with E-state index in [0.29, 0.717) is 12.2 Å². The quantitative estimate of drug-likeness (QED) is 0.217. The molecule has 0 saturated heterocycles. The molecule has 0 unspecified atom stereocenters. The minimum absolute atomic E-state index is 0.0544. The van der Waals surface area contributed by atoms with Crippen LogP contribution in [0.25, 0.3) is 0 Å². The Bertz CT molecular complexity index is 800. The van der Waals surface area contributed by atoms with Gasteiger partial charge in [0.1, 0.15) is 17.8 Å². The monoisotopic (exact) mass is 414 g/mol. The molecule has 0 atom stereocenters. The Labute approximate surface area is 179 Å². The van der Waals surface area contributed by atoms with Crippen LogP contribution in [0.15, 0.2) is 30.3 Å². The number of hydrogen-bond donors (Lipinski definition) is 3. The Morgan fingerprint density at radius 1 is 0.867 bits per heavy atom. The fourth-order valence-corrected chi connectivity index (χ4v) is 3.59. The Hall–Kier alpha value is -2.69. The van der Waals surface area contributed by atoms with E-state index >= 15 is 0 Å². The van der Waals surface area contributed by atoms with E-state index in [1.54, 1.807) is 12.1 Å². The average Bonchev–Trinajstić information content (AvgIpc) is 2.73. The molecule has 2 aromatic carbocycles. The zero-order chi connectivity index (χ0) is 21.8. The lowest BCUT2D eigenvalue weighted by molar-refractivity contribution is -0.107. The fraction of sp³-hybridized carbons (Fsp3) is 0.480. The van der Waals surface area contributed by atoms with Crippen molar-refractivity contribution < 1.29 is 24.9 Å². The molecular formula is C25H34O5. The number of carbonyl (C=O) groups is 1. The summed E-state index contributed by atoms with van der Waals surface area (Å²) in [5.41, 5.74) is 2.50. The van der Waals surface area contributed by atoms with Crippen LogP contribution in [0.3, 0.4) is 0 Å². The first-order chi connectivity index (χ1) is 14.6. The molecular weight excluding hydrogens is 380 g/mol. The highest BCUT2D eigenvalue weighted by molar-refractivity contribution is 5.60. The molecule has 2 aromatic rings. The fourth-order valence-electron chi connectivity index (χ4n) is 3.59. The number of aldehydes is 1. The van der Waals surface area contributed by atoms with Gasteiger partial charge in [-0.15, -0.1) is 0 Å². The lowest BCUT2D eigenvalue weighted by Gasteiger charge is -2.15. The molecule has 0 fully saturated rings. The highest BCUT2D eigenvalue weighted by atomic mass is 16.5. The lowest BCUT2D eigenvalue weighted by Crippen LogP contribution is -2.02. The standard InChI is InChI=1S/C25H34O5/c1-2-9-21-24(14-12-20(15-16-26)25(21)29)30-17-8-6-4-3-5-7-10-19-11-13-22(27)23(28)18-19/h11-14,16,18,27-29H,2-10,15,17H2,1H3. The molecule has 0 bridgehead atoms. The van der Waals surface area contributed by atoms with Crippen LogP contribution >= 0.6 is 0 Å². The van der Waals surface area contributed by atoms with Crippen molar-refractivity contribution in [2.24, 2.45) is 0 Å². The van der Waals surface area contributed by atoms with Crippen LogP contribution in [0.4, 0.5) is 0 Å². The molecule has 3 N–H and O–H groups in total. The molecule has 0 aliphatic rings. The molecule has 0 aromatic heterocycles. The van der Waals surface area contributed by atoms with E-state index in [0.717, 1.165) is 80.9 Å². The molecule has 164 valence electrons. The van der Waals surface area contributed by atoms with Crippen LogP contribution in [0, 0.1) is 0 Å². The zero-order valence-electron chi connectivity index (χ0n) is 17.9. The van der Waals surface area contributed by atoms with Crippen LogP contribution in [0.1, 0.15) is 68.6 Å². The summed E-state index contributed by atoms with van der Waals surface area (Å²) in [4.78, 5) is 10.8. The zero-order valence-corrected chi connectivity index (χ0v) is 17.9. The van der Waals surface area contributed by atoms with Crippen LogP contribution in [0.2, 0.25) is 0 Å². The SMILES string of the molecule is CCCc1c(OCCCCCCCCc2ccc(O)c(O)c2)ccc(CC=O)c1O. The van der Waals surface area contributed by atoms with Gasteiger partial charge in [0.05, 0.1) is 6.61 Å². The second-order valence-corrected chi connectivity index (χ2v) is 7.71. The number of aromatic hydroxyl groups is 3. The van der Waals surface area contributed by atoms with E-state index < -0.39 is 0 Å². The Balaban J connectivity index is 1.63. The summed E-state index contributed by atoms with van der Waals surface area (Å²) in [6, 6.07) is 8.65. The van der Waals surface area contributed by atoms with Gasteiger partial charge in [-0.25, -0.2) is 0 Å². The van der Waals surface area contributed by atoms with Gasteiger partial charge in [-0.05, 0) is 49.4 Å². The van der Waals surface area contributed by atoms with Crippen LogP contribution < -0.4 is 4.74 Å². The van der Waals surface area contributed by atoms with Crippen LogP contribution in [-0.2, 0) is 24.1 Å². The first kappa shape index (κ1) is 23.6. The van der Waals surface area contributed by atoms with Crippen LogP contribution in [-0.4, -0.2) is 28.2 Å². The topological polar surface area (TPSA) is 87.0 Å². The Morgan fingerprint density at radius 2 is 1.60 bits per heavy atom. The summed E-state index contributed by atoms with van der Waals surface area (Å²) in [6.07, 6.45) is 10.1. The van der Waals surface area contributed by atoms with Crippen molar-refractivity contribution in [2.45, 2.75) is 71.1 Å². The van der Waals surface area contributed by atoms with Gasteiger partial charge in [0.25, 0.3) is 0 Å². The van der Waals surface area contributed by atoms with Gasteiger partial charge in [-0.3, -0.25) is 0 Å². The van der Waals surface area contributed by atoms with Crippen LogP contribution in [0.5, 0.6) is 23.0 Å². The number of unbranched alkanes of at least 4 members (excludes halogenated alkanes) is 5. The van der Waals surface area contributed by atoms with Gasteiger partial charge >= 0.3 is 0 Å². The van der Waals surface area contributed by atoms with Gasteiger partial charge in [-0.2, -0.15) is 0 Å². The molecule has 5 nitrogen and oxygen atoms in total. The van der Waals surface area contributed by atoms with Gasteiger partial charge in [0.15, 0.2) is 11.5 Å². The highest BCUT2D eigenvalue weighted by Gasteiger charge is 2.13. The van der Waals surface area contributed by atoms with Gasteiger partial charge in [0.2, 0.25) is 0 Å². The van der Waals surface area contributed by atoms with E-state index in [1.807, 2.05) is 12.1 Å². The van der Waals surface area contributed by atoms with E-state index in [4.69, 9.17) is 4.74 Å². The minimum Gasteiger partial charge on any atom is -0.507 e. The van der Waals surface area contributed by atoms with Crippen molar-refractivity contribution in [1.82, 2.24) is 0 Å². The maximum absolute atomic E-state index is 10.8. The second-order valence-electron chi connectivity index (χ2n) is 7.71. The molecule has 0 aliphatic carbocycles. The van der Waals surface area contributed by atoms with Gasteiger partial charge < -0.3 is 24.9 Å². The normalized spacial score (nSPS) is 10.8. The molecule has 0 radical (unpaired) electrons. The molecule has 0 amide bonds. The molecule has 0 heterocycles. The maximum atomic E-state index is 10.8. The summed E-state index contributed by atoms with van der Waals surface area (Å²) in [5.74, 6) is 0.792. The first-order valence-corrected chi connectivity index (χ1v) is 11.0. The van der Waals surface area contributed by atoms with Crippen molar-refractivity contribution >= 4 is 6.29 Å². The third-order valence-corrected chi connectivity index (χ3v) is 5.28. The average molecular weight is 415 g/mol. The van der Waals surface area contributed by atoms with E-state index in [1.165, 1.54) is 6.07 Å². The number of rotatable bonds is 14. The molecule has 0 spiro atoms. The van der Waals surface area contributed by atoms with Crippen molar-refractivity contribution in [3.8, 4) is 23.0 Å². The molecule has 30 heavy (non-hydrogen) atoms. The minimum atomic E-state index is -0.0742. The van der Waals surface area contributed by atoms with E-state index in [-0.39, 0.29) is 23.7 Å². The highest BCUT2D eigenvalue weighted by Crippen LogP contribution is 2.33. The van der Waals surface area contributed by atoms with E-state index in [9.17, 15) is 20.1 Å². The number of carbonyl (C=O) groups excluding carboxylic acids is 1. The predicted molar refractivity (Wildman–Crippen MR) is 119 cm³/mol. The smallest absolute Gasteiger partial charge is 0.157 e. The van der Waals surface area contributed by atoms with E-state index in [2.05, 4.69) is 6.92 Å². The van der Waals surface area contributed by atoms with Crippen molar-refractivity contribution in [3.63, 3.8) is 0 Å². The third-order valence-electron chi connectivity index (χ3n) is 5.28. The van der Waals surface area contributed by atoms with Crippen molar-refractivity contribution in [3.05, 3.63) is 47.0 Å². The number of hydrogen-bond acceptors (Lipinski definition) is 5.